The molecule has 26 heavy (non-hydrogen) atoms. The molecule has 8 nitrogen and oxygen atoms in total. The van der Waals surface area contributed by atoms with Gasteiger partial charge in [-0.15, -0.1) is 11.3 Å². The highest BCUT2D eigenvalue weighted by molar-refractivity contribution is 7.19. The van der Waals surface area contributed by atoms with Crippen LogP contribution < -0.4 is 10.6 Å². The van der Waals surface area contributed by atoms with E-state index in [9.17, 15) is 9.90 Å². The number of aromatic nitrogens is 2. The van der Waals surface area contributed by atoms with Gasteiger partial charge in [0.25, 0.3) is 0 Å². The molecule has 3 heterocycles. The summed E-state index contributed by atoms with van der Waals surface area (Å²) in [4.78, 5) is 20.3. The van der Waals surface area contributed by atoms with E-state index >= 15 is 0 Å². The highest BCUT2D eigenvalue weighted by atomic mass is 35.5. The summed E-state index contributed by atoms with van der Waals surface area (Å²) in [5, 5.41) is 23.9. The number of aliphatic hydroxyl groups excluding tert-OH is 1. The van der Waals surface area contributed by atoms with Gasteiger partial charge in [-0.2, -0.15) is 4.98 Å². The van der Waals surface area contributed by atoms with Crippen LogP contribution in [-0.2, 0) is 13.0 Å². The van der Waals surface area contributed by atoms with Crippen molar-refractivity contribution in [3.63, 3.8) is 0 Å². The lowest BCUT2D eigenvalue weighted by Crippen LogP contribution is -2.38. The van der Waals surface area contributed by atoms with E-state index in [2.05, 4.69) is 20.6 Å². The minimum Gasteiger partial charge on any atom is -0.467 e. The summed E-state index contributed by atoms with van der Waals surface area (Å²) in [5.41, 5.74) is 1.60. The lowest BCUT2D eigenvalue weighted by molar-refractivity contribution is 0.177. The number of carbonyl (C=O) groups is 1. The molecule has 4 N–H and O–H groups in total. The molecule has 0 fully saturated rings. The molecule has 3 aromatic rings. The maximum absolute atomic E-state index is 10.8. The van der Waals surface area contributed by atoms with Crippen molar-refractivity contribution in [2.24, 2.45) is 0 Å². The largest absolute Gasteiger partial charge is 0.467 e. The zero-order valence-electron chi connectivity index (χ0n) is 13.8. The molecule has 138 valence electrons. The van der Waals surface area contributed by atoms with E-state index in [1.54, 1.807) is 12.3 Å². The number of halogens is 1. The van der Waals surface area contributed by atoms with Crippen molar-refractivity contribution >= 4 is 45.1 Å². The number of furan rings is 1. The number of aliphatic hydroxyl groups is 1. The average Bonchev–Trinajstić information content (AvgIpc) is 3.21. The molecule has 10 heteroatoms. The Bertz CT molecular complexity index is 913. The Morgan fingerprint density at radius 3 is 2.92 bits per heavy atom. The molecule has 1 atom stereocenters. The highest BCUT2D eigenvalue weighted by Crippen LogP contribution is 2.35. The summed E-state index contributed by atoms with van der Waals surface area (Å²) >= 11 is 7.50. The summed E-state index contributed by atoms with van der Waals surface area (Å²) in [6.07, 6.45) is 0.772. The molecular weight excluding hydrogens is 380 g/mol. The van der Waals surface area contributed by atoms with Crippen LogP contribution in [0.4, 0.5) is 10.6 Å². The third-order valence-corrected chi connectivity index (χ3v) is 5.31. The van der Waals surface area contributed by atoms with E-state index in [1.165, 1.54) is 11.3 Å². The number of hydrogen-bond donors (Lipinski definition) is 4. The molecule has 0 aliphatic carbocycles. The molecule has 0 unspecified atom stereocenters. The Morgan fingerprint density at radius 2 is 2.27 bits per heavy atom. The van der Waals surface area contributed by atoms with Crippen molar-refractivity contribution in [1.82, 2.24) is 15.3 Å². The normalized spacial score (nSPS) is 12.3. The minimum absolute atomic E-state index is 0.120. The van der Waals surface area contributed by atoms with E-state index in [0.29, 0.717) is 24.3 Å². The molecule has 0 aliphatic rings. The molecule has 1 amide bonds. The SMILES string of the molecule is Cc1c(C[C@H](CO)NC(=O)O)sc2c(NCc3ccco3)nc(Cl)nc12. The first-order valence-corrected chi connectivity index (χ1v) is 8.99. The van der Waals surface area contributed by atoms with Crippen molar-refractivity contribution < 1.29 is 19.4 Å². The second-order valence-corrected chi connectivity index (χ2v) is 7.08. The monoisotopic (exact) mass is 396 g/mol. The first-order valence-electron chi connectivity index (χ1n) is 7.80. The predicted octanol–water partition coefficient (Wildman–Crippen LogP) is 3.03. The van der Waals surface area contributed by atoms with E-state index in [0.717, 1.165) is 20.9 Å². The van der Waals surface area contributed by atoms with E-state index in [1.807, 2.05) is 13.0 Å². The molecule has 0 aliphatic heterocycles. The zero-order chi connectivity index (χ0) is 18.7. The van der Waals surface area contributed by atoms with Crippen LogP contribution in [0.5, 0.6) is 0 Å². The van der Waals surface area contributed by atoms with Crippen LogP contribution in [0.15, 0.2) is 22.8 Å². The van der Waals surface area contributed by atoms with Gasteiger partial charge < -0.3 is 25.3 Å². The average molecular weight is 397 g/mol. The number of rotatable bonds is 7. The Labute approximate surface area is 157 Å². The Hall–Kier alpha value is -2.36. The first-order chi connectivity index (χ1) is 12.5. The van der Waals surface area contributed by atoms with Gasteiger partial charge >= 0.3 is 6.09 Å². The highest BCUT2D eigenvalue weighted by Gasteiger charge is 2.19. The molecule has 3 rings (SSSR count). The van der Waals surface area contributed by atoms with Gasteiger partial charge in [0, 0.05) is 11.3 Å². The summed E-state index contributed by atoms with van der Waals surface area (Å²) in [6, 6.07) is 3.06. The van der Waals surface area contributed by atoms with E-state index in [4.69, 9.17) is 21.1 Å². The summed E-state index contributed by atoms with van der Waals surface area (Å²) in [5.74, 6) is 1.34. The van der Waals surface area contributed by atoms with Gasteiger partial charge in [-0.05, 0) is 36.2 Å². The molecule has 0 aromatic carbocycles. The fourth-order valence-electron chi connectivity index (χ4n) is 2.56. The van der Waals surface area contributed by atoms with Gasteiger partial charge in [0.05, 0.1) is 35.7 Å². The smallest absolute Gasteiger partial charge is 0.404 e. The van der Waals surface area contributed by atoms with E-state index in [-0.39, 0.29) is 11.9 Å². The predicted molar refractivity (Wildman–Crippen MR) is 98.9 cm³/mol. The Balaban J connectivity index is 1.90. The number of amides is 1. The standard InChI is InChI=1S/C16H17ClN4O4S/c1-8-11(5-9(7-22)19-16(23)24)26-13-12(8)20-15(17)21-14(13)18-6-10-3-2-4-25-10/h2-4,9,19,22H,5-7H2,1H3,(H,23,24)(H,18,20,21)/t9-/m1/s1. The van der Waals surface area contributed by atoms with Crippen LogP contribution in [0.25, 0.3) is 10.2 Å². The maximum atomic E-state index is 10.8. The fourth-order valence-corrected chi connectivity index (χ4v) is 4.02. The van der Waals surface area contributed by atoms with Crippen LogP contribution in [0, 0.1) is 6.92 Å². The number of fused-ring (bicyclic) bond motifs is 1. The van der Waals surface area contributed by atoms with Crippen molar-refractivity contribution in [3.8, 4) is 0 Å². The topological polar surface area (TPSA) is 121 Å². The zero-order valence-corrected chi connectivity index (χ0v) is 15.4. The van der Waals surface area contributed by atoms with Crippen LogP contribution in [0.2, 0.25) is 5.28 Å². The molecule has 0 radical (unpaired) electrons. The third-order valence-electron chi connectivity index (χ3n) is 3.83. The first kappa shape index (κ1) is 18.4. The minimum atomic E-state index is -1.17. The third kappa shape index (κ3) is 4.06. The summed E-state index contributed by atoms with van der Waals surface area (Å²) in [6.45, 7) is 2.04. The van der Waals surface area contributed by atoms with E-state index < -0.39 is 12.1 Å². The molecule has 0 spiro atoms. The lowest BCUT2D eigenvalue weighted by atomic mass is 10.1. The maximum Gasteiger partial charge on any atom is 0.404 e. The lowest BCUT2D eigenvalue weighted by Gasteiger charge is -2.13. The van der Waals surface area contributed by atoms with Gasteiger partial charge in [-0.25, -0.2) is 9.78 Å². The molecule has 3 aromatic heterocycles. The van der Waals surface area contributed by atoms with Gasteiger partial charge in [-0.3, -0.25) is 0 Å². The molecule has 0 bridgehead atoms. The number of hydrogen-bond acceptors (Lipinski definition) is 7. The molecule has 0 saturated carbocycles. The van der Waals surface area contributed by atoms with Crippen LogP contribution in [-0.4, -0.2) is 38.9 Å². The van der Waals surface area contributed by atoms with Crippen molar-refractivity contribution in [1.29, 1.82) is 0 Å². The number of nitrogens with zero attached hydrogens (tertiary/aromatic N) is 2. The Morgan fingerprint density at radius 1 is 1.46 bits per heavy atom. The number of carboxylic acid groups (broad SMARTS) is 1. The van der Waals surface area contributed by atoms with Crippen LogP contribution in [0.1, 0.15) is 16.2 Å². The van der Waals surface area contributed by atoms with Crippen molar-refractivity contribution in [3.05, 3.63) is 39.9 Å². The Kier molecular flexibility index (Phi) is 5.60. The second-order valence-electron chi connectivity index (χ2n) is 5.64. The molecule has 0 saturated heterocycles. The second kappa shape index (κ2) is 7.90. The van der Waals surface area contributed by atoms with Gasteiger partial charge in [0.2, 0.25) is 5.28 Å². The number of anilines is 1. The van der Waals surface area contributed by atoms with Crippen molar-refractivity contribution in [2.75, 3.05) is 11.9 Å². The van der Waals surface area contributed by atoms with Crippen LogP contribution in [0.3, 0.4) is 0 Å². The van der Waals surface area contributed by atoms with Gasteiger partial charge in [-0.1, -0.05) is 0 Å². The van der Waals surface area contributed by atoms with Crippen LogP contribution >= 0.6 is 22.9 Å². The summed E-state index contributed by atoms with van der Waals surface area (Å²) < 4.78 is 6.12. The molecular formula is C16H17ClN4O4S. The fraction of sp³-hybridized carbons (Fsp3) is 0.312. The van der Waals surface area contributed by atoms with Gasteiger partial charge in [0.15, 0.2) is 0 Å². The van der Waals surface area contributed by atoms with Gasteiger partial charge in [0.1, 0.15) is 11.6 Å². The number of thiophene rings is 1. The number of aryl methyl sites for hydroxylation is 1. The quantitative estimate of drug-likeness (QED) is 0.453. The summed E-state index contributed by atoms with van der Waals surface area (Å²) in [7, 11) is 0. The van der Waals surface area contributed by atoms with Crippen molar-refractivity contribution in [2.45, 2.75) is 25.9 Å². The number of nitrogens with one attached hydrogen (secondary N) is 2.